The minimum Gasteiger partial charge on any atom is -0.507 e. The molecule has 0 saturated carbocycles. The molecule has 8 aromatic rings. The van der Waals surface area contributed by atoms with Gasteiger partial charge in [0, 0.05) is 24.2 Å². The molecule has 2 heterocycles. The normalized spacial score (nSPS) is 11.4. The fourth-order valence-corrected chi connectivity index (χ4v) is 6.87. The molecule has 6 aromatic carbocycles. The monoisotopic (exact) mass is 780 g/mol. The Bertz CT molecular complexity index is 2780. The third-order valence-electron chi connectivity index (χ3n) is 9.79. The van der Waals surface area contributed by atoms with Gasteiger partial charge in [0.15, 0.2) is 11.5 Å². The van der Waals surface area contributed by atoms with Crippen molar-refractivity contribution in [3.8, 4) is 45.6 Å². The molecule has 8 rings (SSSR count). The lowest BCUT2D eigenvalue weighted by molar-refractivity contribution is 0.0944. The molecule has 0 aliphatic rings. The second kappa shape index (κ2) is 14.7. The van der Waals surface area contributed by atoms with Crippen molar-refractivity contribution >= 4 is 55.9 Å². The highest BCUT2D eigenvalue weighted by Crippen LogP contribution is 2.54. The third-order valence-corrected chi connectivity index (χ3v) is 9.79. The molecular weight excluding hydrogens is 748 g/mol. The quantitative estimate of drug-likeness (QED) is 0.0896. The van der Waals surface area contributed by atoms with Gasteiger partial charge in [-0.3, -0.25) is 9.59 Å². The number of carbonyl (C=O) groups is 2. The van der Waals surface area contributed by atoms with Gasteiger partial charge in [-0.15, -0.1) is 0 Å². The summed E-state index contributed by atoms with van der Waals surface area (Å²) in [5.74, 6) is -5.55. The van der Waals surface area contributed by atoms with Gasteiger partial charge in [-0.2, -0.15) is 0 Å². The Morgan fingerprint density at radius 1 is 0.431 bits per heavy atom. The summed E-state index contributed by atoms with van der Waals surface area (Å²) in [7, 11) is 0. The van der Waals surface area contributed by atoms with Crippen LogP contribution in [-0.2, 0) is 26.3 Å². The Kier molecular flexibility index (Phi) is 9.40. The van der Waals surface area contributed by atoms with E-state index in [-0.39, 0.29) is 68.4 Å². The maximum Gasteiger partial charge on any atom is 0.253 e. The van der Waals surface area contributed by atoms with Gasteiger partial charge in [-0.1, -0.05) is 60.7 Å². The second-order valence-corrected chi connectivity index (χ2v) is 13.3. The van der Waals surface area contributed by atoms with E-state index in [1.807, 2.05) is 60.7 Å². The zero-order valence-corrected chi connectivity index (χ0v) is 30.1. The van der Waals surface area contributed by atoms with Crippen molar-refractivity contribution in [3.63, 3.8) is 0 Å². The molecule has 0 bridgehead atoms. The van der Waals surface area contributed by atoms with Crippen LogP contribution in [0, 0.1) is 0 Å². The molecule has 0 unspecified atom stereocenters. The number of aliphatic hydroxyl groups is 2. The van der Waals surface area contributed by atoms with Crippen LogP contribution in [0.3, 0.4) is 0 Å². The fraction of sp³-hybridized carbons (Fsp3) is 0.0952. The zero-order valence-electron chi connectivity index (χ0n) is 30.1. The smallest absolute Gasteiger partial charge is 0.253 e. The van der Waals surface area contributed by atoms with Gasteiger partial charge in [0.05, 0.1) is 35.5 Å². The van der Waals surface area contributed by atoms with E-state index in [9.17, 15) is 50.4 Å². The van der Waals surface area contributed by atoms with Crippen LogP contribution in [0.1, 0.15) is 43.0 Å². The van der Waals surface area contributed by atoms with Gasteiger partial charge >= 0.3 is 0 Å². The Labute approximate surface area is 326 Å². The van der Waals surface area contributed by atoms with Crippen LogP contribution in [0.25, 0.3) is 55.3 Å². The number of aromatic nitrogens is 4. The standard InChI is InChI=1S/C42H32N6O10/c49-17-23-31-35(47-29-21(11-13-25(51)33(29)45-31)41(57)43-15-19-7-3-1-4-8-19)39(55)27(37(23)53)28-38(54)24(18-50)32-36(40(28)56)48-30-22(12-14-26(52)34(30)46-32)42(58)44-16-20-9-5-2-6-10-20/h1-14,49-56H,15-18H2,(H,43,57)(H,44,58). The van der Waals surface area contributed by atoms with Crippen molar-refractivity contribution in [1.29, 1.82) is 0 Å². The fourth-order valence-electron chi connectivity index (χ4n) is 6.87. The summed E-state index contributed by atoms with van der Waals surface area (Å²) in [6.45, 7) is -1.57. The molecule has 2 aromatic heterocycles. The topological polar surface area (TPSA) is 272 Å². The zero-order chi connectivity index (χ0) is 40.8. The van der Waals surface area contributed by atoms with Crippen LogP contribution in [0.15, 0.2) is 84.9 Å². The van der Waals surface area contributed by atoms with E-state index in [0.717, 1.165) is 11.1 Å². The minimum atomic E-state index is -0.930. The van der Waals surface area contributed by atoms with Crippen LogP contribution in [0.2, 0.25) is 0 Å². The maximum atomic E-state index is 13.4. The van der Waals surface area contributed by atoms with Crippen LogP contribution in [0.4, 0.5) is 0 Å². The van der Waals surface area contributed by atoms with E-state index in [1.165, 1.54) is 24.3 Å². The molecular formula is C42H32N6O10. The van der Waals surface area contributed by atoms with Gasteiger partial charge < -0.3 is 51.5 Å². The van der Waals surface area contributed by atoms with E-state index in [2.05, 4.69) is 30.6 Å². The van der Waals surface area contributed by atoms with Crippen LogP contribution in [0.5, 0.6) is 34.5 Å². The SMILES string of the molecule is O=C(NCc1ccccc1)c1ccc(O)c2nc3c(CO)c(O)c(-c4c(O)c(CO)c5nc6c(O)ccc(C(=O)NCc7ccccc7)c6nc5c4O)c(O)c3nc12. The summed E-state index contributed by atoms with van der Waals surface area (Å²) >= 11 is 0. The molecule has 0 spiro atoms. The third kappa shape index (κ3) is 6.14. The minimum absolute atomic E-state index is 0.0503. The van der Waals surface area contributed by atoms with Crippen molar-refractivity contribution in [2.24, 2.45) is 0 Å². The molecule has 2 amide bonds. The largest absolute Gasteiger partial charge is 0.507 e. The first-order valence-corrected chi connectivity index (χ1v) is 17.7. The predicted octanol–water partition coefficient (Wildman–Crippen LogP) is 4.62. The lowest BCUT2D eigenvalue weighted by Crippen LogP contribution is -2.23. The van der Waals surface area contributed by atoms with Crippen molar-refractivity contribution < 1.29 is 50.4 Å². The van der Waals surface area contributed by atoms with Crippen molar-refractivity contribution in [2.45, 2.75) is 26.3 Å². The van der Waals surface area contributed by atoms with Gasteiger partial charge in [0.25, 0.3) is 11.8 Å². The number of fused-ring (bicyclic) bond motifs is 4. The molecule has 0 radical (unpaired) electrons. The first kappa shape index (κ1) is 37.1. The highest BCUT2D eigenvalue weighted by Gasteiger charge is 2.31. The first-order chi connectivity index (χ1) is 28.0. The van der Waals surface area contributed by atoms with Crippen molar-refractivity contribution in [2.75, 3.05) is 0 Å². The molecule has 0 atom stereocenters. The number of phenolic OH excluding ortho intramolecular Hbond substituents is 4. The number of carbonyl (C=O) groups excluding carboxylic acids is 2. The van der Waals surface area contributed by atoms with Gasteiger partial charge in [0.2, 0.25) is 0 Å². The number of hydrogen-bond acceptors (Lipinski definition) is 14. The number of amides is 2. The summed E-state index contributed by atoms with van der Waals surface area (Å²) in [6, 6.07) is 23.2. The summed E-state index contributed by atoms with van der Waals surface area (Å²) in [4.78, 5) is 44.6. The summed E-state index contributed by atoms with van der Waals surface area (Å²) in [5.41, 5.74) is -2.72. The van der Waals surface area contributed by atoms with Gasteiger partial charge in [-0.05, 0) is 35.4 Å². The molecule has 290 valence electrons. The Balaban J connectivity index is 1.33. The Morgan fingerprint density at radius 3 is 1.16 bits per heavy atom. The number of phenols is 6. The molecule has 0 aliphatic carbocycles. The second-order valence-electron chi connectivity index (χ2n) is 13.3. The average molecular weight is 781 g/mol. The molecule has 0 aliphatic heterocycles. The van der Waals surface area contributed by atoms with Crippen LogP contribution < -0.4 is 10.6 Å². The van der Waals surface area contributed by atoms with Crippen molar-refractivity contribution in [1.82, 2.24) is 30.6 Å². The average Bonchev–Trinajstić information content (AvgIpc) is 3.24. The van der Waals surface area contributed by atoms with E-state index in [1.54, 1.807) is 0 Å². The summed E-state index contributed by atoms with van der Waals surface area (Å²) in [5, 5.41) is 95.1. The first-order valence-electron chi connectivity index (χ1n) is 17.7. The highest BCUT2D eigenvalue weighted by atomic mass is 16.3. The predicted molar refractivity (Wildman–Crippen MR) is 210 cm³/mol. The molecule has 10 N–H and O–H groups in total. The van der Waals surface area contributed by atoms with E-state index < -0.39 is 81.7 Å². The number of rotatable bonds is 9. The van der Waals surface area contributed by atoms with E-state index in [0.29, 0.717) is 0 Å². The number of hydrogen-bond donors (Lipinski definition) is 10. The number of aromatic hydroxyl groups is 6. The molecule has 0 saturated heterocycles. The van der Waals surface area contributed by atoms with Crippen molar-refractivity contribution in [3.05, 3.63) is 118 Å². The number of nitrogens with zero attached hydrogens (tertiary/aromatic N) is 4. The lowest BCUT2D eigenvalue weighted by Gasteiger charge is -2.19. The molecule has 16 nitrogen and oxygen atoms in total. The summed E-state index contributed by atoms with van der Waals surface area (Å²) in [6.07, 6.45) is 0. The van der Waals surface area contributed by atoms with Crippen LogP contribution >= 0.6 is 0 Å². The lowest BCUT2D eigenvalue weighted by atomic mass is 9.93. The number of nitrogens with one attached hydrogen (secondary N) is 2. The summed E-state index contributed by atoms with van der Waals surface area (Å²) < 4.78 is 0. The molecule has 0 fully saturated rings. The Hall–Kier alpha value is -7.82. The van der Waals surface area contributed by atoms with Gasteiger partial charge in [-0.25, -0.2) is 19.9 Å². The molecule has 58 heavy (non-hydrogen) atoms. The highest BCUT2D eigenvalue weighted by molar-refractivity contribution is 6.12. The molecule has 16 heteroatoms. The van der Waals surface area contributed by atoms with E-state index in [4.69, 9.17) is 0 Å². The number of benzene rings is 6. The van der Waals surface area contributed by atoms with Gasteiger partial charge in [0.1, 0.15) is 67.1 Å². The van der Waals surface area contributed by atoms with E-state index >= 15 is 0 Å². The van der Waals surface area contributed by atoms with Crippen LogP contribution in [-0.4, -0.2) is 72.6 Å². The maximum absolute atomic E-state index is 13.4. The number of aliphatic hydroxyl groups excluding tert-OH is 2. The Morgan fingerprint density at radius 2 is 0.793 bits per heavy atom.